The van der Waals surface area contributed by atoms with Crippen molar-refractivity contribution in [3.05, 3.63) is 70.4 Å². The van der Waals surface area contributed by atoms with Gasteiger partial charge in [-0.2, -0.15) is 13.2 Å². The molecule has 3 rings (SSSR count). The average Bonchev–Trinajstić information content (AvgIpc) is 3.01. The molecule has 0 aliphatic carbocycles. The van der Waals surface area contributed by atoms with Gasteiger partial charge in [-0.15, -0.1) is 0 Å². The van der Waals surface area contributed by atoms with Crippen LogP contribution in [-0.4, -0.2) is 41.6 Å². The maximum Gasteiger partial charge on any atom is 0.416 e. The molecule has 0 unspecified atom stereocenters. The van der Waals surface area contributed by atoms with Gasteiger partial charge < -0.3 is 10.1 Å². The fourth-order valence-corrected chi connectivity index (χ4v) is 3.54. The molecule has 0 atom stereocenters. The van der Waals surface area contributed by atoms with Crippen LogP contribution in [0.15, 0.2) is 53.4 Å². The molecule has 1 heterocycles. The summed E-state index contributed by atoms with van der Waals surface area (Å²) in [7, 11) is 0. The maximum atomic E-state index is 13.0. The molecule has 1 N–H and O–H groups in total. The summed E-state index contributed by atoms with van der Waals surface area (Å²) in [6.45, 7) is -0.693. The van der Waals surface area contributed by atoms with Crippen LogP contribution in [0.5, 0.6) is 5.75 Å². The Hall–Kier alpha value is -3.34. The van der Waals surface area contributed by atoms with Gasteiger partial charge in [0.1, 0.15) is 11.6 Å². The number of ether oxygens (including phenoxy) is 1. The standard InChI is InChI=1S/C21H16F4N2O4S/c22-15-6-4-13(5-7-15)10-17-19(29)27(20(30)32-17)9-8-26-18(28)12-31-16-3-1-2-14(11-16)21(23,24)25/h1-7,10-11H,8-9,12H2,(H,26,28)/b17-10-. The summed E-state index contributed by atoms with van der Waals surface area (Å²) in [4.78, 5) is 37.5. The molecule has 0 saturated carbocycles. The molecule has 0 bridgehead atoms. The highest BCUT2D eigenvalue weighted by Gasteiger charge is 2.34. The highest BCUT2D eigenvalue weighted by atomic mass is 32.2. The summed E-state index contributed by atoms with van der Waals surface area (Å²) in [6, 6.07) is 9.50. The number of alkyl halides is 3. The van der Waals surface area contributed by atoms with Crippen LogP contribution >= 0.6 is 11.8 Å². The molecule has 11 heteroatoms. The third-order valence-electron chi connectivity index (χ3n) is 4.23. The fraction of sp³-hybridized carbons (Fsp3) is 0.190. The molecular formula is C21H16F4N2O4S. The van der Waals surface area contributed by atoms with Gasteiger partial charge in [-0.25, -0.2) is 4.39 Å². The van der Waals surface area contributed by atoms with Gasteiger partial charge in [-0.3, -0.25) is 19.3 Å². The van der Waals surface area contributed by atoms with Crippen LogP contribution in [0.2, 0.25) is 0 Å². The molecule has 2 aromatic carbocycles. The first kappa shape index (κ1) is 23.3. The molecule has 0 aromatic heterocycles. The second-order valence-electron chi connectivity index (χ2n) is 6.55. The third kappa shape index (κ3) is 6.10. The molecule has 1 aliphatic rings. The Morgan fingerprint density at radius 2 is 1.84 bits per heavy atom. The van der Waals surface area contributed by atoms with E-state index >= 15 is 0 Å². The summed E-state index contributed by atoms with van der Waals surface area (Å²) in [6.07, 6.45) is -3.07. The monoisotopic (exact) mass is 468 g/mol. The van der Waals surface area contributed by atoms with Crippen molar-refractivity contribution < 1.29 is 36.7 Å². The van der Waals surface area contributed by atoms with E-state index < -0.39 is 41.2 Å². The molecule has 32 heavy (non-hydrogen) atoms. The van der Waals surface area contributed by atoms with Crippen LogP contribution in [0.4, 0.5) is 22.4 Å². The molecule has 1 fully saturated rings. The zero-order chi connectivity index (χ0) is 23.3. The largest absolute Gasteiger partial charge is 0.484 e. The Labute approximate surface area is 184 Å². The molecule has 6 nitrogen and oxygen atoms in total. The highest BCUT2D eigenvalue weighted by Crippen LogP contribution is 2.32. The van der Waals surface area contributed by atoms with Gasteiger partial charge in [0.25, 0.3) is 17.1 Å². The molecular weight excluding hydrogens is 452 g/mol. The van der Waals surface area contributed by atoms with Crippen molar-refractivity contribution in [2.75, 3.05) is 19.7 Å². The number of hydrogen-bond donors (Lipinski definition) is 1. The lowest BCUT2D eigenvalue weighted by Crippen LogP contribution is -2.38. The van der Waals surface area contributed by atoms with Gasteiger partial charge in [-0.05, 0) is 53.7 Å². The van der Waals surface area contributed by atoms with E-state index in [-0.39, 0.29) is 23.7 Å². The number of nitrogens with zero attached hydrogens (tertiary/aromatic N) is 1. The number of amides is 3. The van der Waals surface area contributed by atoms with Crippen LogP contribution < -0.4 is 10.1 Å². The smallest absolute Gasteiger partial charge is 0.416 e. The number of carbonyl (C=O) groups is 3. The Balaban J connectivity index is 1.47. The first-order chi connectivity index (χ1) is 15.1. The van der Waals surface area contributed by atoms with Crippen LogP contribution in [-0.2, 0) is 15.8 Å². The minimum absolute atomic E-state index is 0.0628. The number of halogens is 4. The Morgan fingerprint density at radius 3 is 2.53 bits per heavy atom. The van der Waals surface area contributed by atoms with Crippen molar-refractivity contribution in [3.63, 3.8) is 0 Å². The van der Waals surface area contributed by atoms with Crippen LogP contribution in [0.1, 0.15) is 11.1 Å². The molecule has 168 valence electrons. The van der Waals surface area contributed by atoms with E-state index in [9.17, 15) is 31.9 Å². The van der Waals surface area contributed by atoms with E-state index in [0.717, 1.165) is 34.9 Å². The predicted octanol–water partition coefficient (Wildman–Crippen LogP) is 4.08. The molecule has 0 radical (unpaired) electrons. The quantitative estimate of drug-likeness (QED) is 0.490. The zero-order valence-corrected chi connectivity index (χ0v) is 17.1. The lowest BCUT2D eigenvalue weighted by molar-refractivity contribution is -0.137. The summed E-state index contributed by atoms with van der Waals surface area (Å²) in [5.41, 5.74) is -0.347. The van der Waals surface area contributed by atoms with Gasteiger partial charge in [0, 0.05) is 13.1 Å². The highest BCUT2D eigenvalue weighted by molar-refractivity contribution is 8.18. The summed E-state index contributed by atoms with van der Waals surface area (Å²) in [5.74, 6) is -1.72. The topological polar surface area (TPSA) is 75.7 Å². The zero-order valence-electron chi connectivity index (χ0n) is 16.3. The summed E-state index contributed by atoms with van der Waals surface area (Å²) in [5, 5.41) is 1.92. The van der Waals surface area contributed by atoms with Crippen molar-refractivity contribution in [1.29, 1.82) is 0 Å². The molecule has 2 aromatic rings. The maximum absolute atomic E-state index is 13.0. The van der Waals surface area contributed by atoms with Gasteiger partial charge in [-0.1, -0.05) is 18.2 Å². The van der Waals surface area contributed by atoms with Crippen molar-refractivity contribution in [2.24, 2.45) is 0 Å². The number of hydrogen-bond acceptors (Lipinski definition) is 5. The van der Waals surface area contributed by atoms with Crippen LogP contribution in [0.25, 0.3) is 6.08 Å². The van der Waals surface area contributed by atoms with Crippen LogP contribution in [0, 0.1) is 5.82 Å². The number of nitrogens with one attached hydrogen (secondary N) is 1. The van der Waals surface area contributed by atoms with Gasteiger partial charge in [0.05, 0.1) is 10.5 Å². The molecule has 3 amide bonds. The van der Waals surface area contributed by atoms with Crippen LogP contribution in [0.3, 0.4) is 0 Å². The fourth-order valence-electron chi connectivity index (χ4n) is 2.67. The Morgan fingerprint density at radius 1 is 1.12 bits per heavy atom. The second kappa shape index (κ2) is 9.86. The van der Waals surface area contributed by atoms with E-state index in [2.05, 4.69) is 5.32 Å². The number of carbonyl (C=O) groups excluding carboxylic acids is 3. The van der Waals surface area contributed by atoms with Crippen molar-refractivity contribution >= 4 is 34.9 Å². The first-order valence-electron chi connectivity index (χ1n) is 9.21. The molecule has 1 saturated heterocycles. The summed E-state index contributed by atoms with van der Waals surface area (Å²) >= 11 is 0.726. The minimum Gasteiger partial charge on any atom is -0.484 e. The van der Waals surface area contributed by atoms with Gasteiger partial charge in [0.2, 0.25) is 0 Å². The van der Waals surface area contributed by atoms with Crippen molar-refractivity contribution in [3.8, 4) is 5.75 Å². The van der Waals surface area contributed by atoms with E-state index in [1.165, 1.54) is 36.4 Å². The van der Waals surface area contributed by atoms with Gasteiger partial charge >= 0.3 is 6.18 Å². The second-order valence-corrected chi connectivity index (χ2v) is 7.54. The van der Waals surface area contributed by atoms with Crippen molar-refractivity contribution in [1.82, 2.24) is 10.2 Å². The van der Waals surface area contributed by atoms with E-state index in [4.69, 9.17) is 4.74 Å². The normalized spacial score (nSPS) is 15.4. The number of rotatable bonds is 7. The lowest BCUT2D eigenvalue weighted by atomic mass is 10.2. The SMILES string of the molecule is O=C(COc1cccc(C(F)(F)F)c1)NCCN1C(=O)S/C(=C\c2ccc(F)cc2)C1=O. The number of thioether (sulfide) groups is 1. The van der Waals surface area contributed by atoms with E-state index in [0.29, 0.717) is 5.56 Å². The van der Waals surface area contributed by atoms with Crippen molar-refractivity contribution in [2.45, 2.75) is 6.18 Å². The number of imide groups is 1. The van der Waals surface area contributed by atoms with E-state index in [1.54, 1.807) is 0 Å². The predicted molar refractivity (Wildman–Crippen MR) is 109 cm³/mol. The minimum atomic E-state index is -4.53. The Kier molecular flexibility index (Phi) is 7.18. The third-order valence-corrected chi connectivity index (χ3v) is 5.14. The number of benzene rings is 2. The van der Waals surface area contributed by atoms with E-state index in [1.807, 2.05) is 0 Å². The molecule has 0 spiro atoms. The summed E-state index contributed by atoms with van der Waals surface area (Å²) < 4.78 is 56.1. The lowest BCUT2D eigenvalue weighted by Gasteiger charge is -2.13. The molecule has 1 aliphatic heterocycles. The first-order valence-corrected chi connectivity index (χ1v) is 10.0. The average molecular weight is 468 g/mol. The van der Waals surface area contributed by atoms with Gasteiger partial charge in [0.15, 0.2) is 6.61 Å². The Bertz CT molecular complexity index is 1050.